The van der Waals surface area contributed by atoms with E-state index in [-0.39, 0.29) is 36.8 Å². The lowest BCUT2D eigenvalue weighted by molar-refractivity contribution is -0.145. The molecule has 8 nitrogen and oxygen atoms in total. The average molecular weight is 667 g/mol. The van der Waals surface area contributed by atoms with Crippen molar-refractivity contribution in [3.05, 3.63) is 114 Å². The van der Waals surface area contributed by atoms with Crippen LogP contribution in [0.5, 0.6) is 5.75 Å². The molecule has 1 aliphatic rings. The third-order valence-electron chi connectivity index (χ3n) is 8.51. The number of esters is 3. The monoisotopic (exact) mass is 666 g/mol. The summed E-state index contributed by atoms with van der Waals surface area (Å²) in [6, 6.07) is 22.5. The van der Waals surface area contributed by atoms with Crippen molar-refractivity contribution < 1.29 is 38.1 Å². The molecule has 0 heterocycles. The van der Waals surface area contributed by atoms with Crippen molar-refractivity contribution in [2.75, 3.05) is 34.0 Å². The second-order valence-corrected chi connectivity index (χ2v) is 12.4. The maximum Gasteiger partial charge on any atom is 0.341 e. The van der Waals surface area contributed by atoms with E-state index < -0.39 is 11.9 Å². The predicted octanol–water partition coefficient (Wildman–Crippen LogP) is 7.95. The summed E-state index contributed by atoms with van der Waals surface area (Å²) in [5.74, 6) is -0.593. The number of ether oxygens (including phenoxy) is 5. The van der Waals surface area contributed by atoms with E-state index >= 15 is 0 Å². The fourth-order valence-electron chi connectivity index (χ4n) is 5.84. The number of hydrogen-bond acceptors (Lipinski definition) is 8. The smallest absolute Gasteiger partial charge is 0.341 e. The van der Waals surface area contributed by atoms with E-state index in [2.05, 4.69) is 62.2 Å². The van der Waals surface area contributed by atoms with E-state index in [9.17, 15) is 14.4 Å². The zero-order chi connectivity index (χ0) is 35.3. The Morgan fingerprint density at radius 3 is 1.92 bits per heavy atom. The molecule has 1 saturated carbocycles. The molecule has 0 bridgehead atoms. The first-order chi connectivity index (χ1) is 23.6. The highest BCUT2D eigenvalue weighted by Gasteiger charge is 2.27. The van der Waals surface area contributed by atoms with Crippen LogP contribution in [-0.2, 0) is 39.8 Å². The highest BCUT2D eigenvalue weighted by Crippen LogP contribution is 2.41. The molecule has 8 heteroatoms. The van der Waals surface area contributed by atoms with E-state index in [4.69, 9.17) is 23.7 Å². The zero-order valence-electron chi connectivity index (χ0n) is 28.8. The summed E-state index contributed by atoms with van der Waals surface area (Å²) in [4.78, 5) is 36.4. The first-order valence-electron chi connectivity index (χ1n) is 16.5. The molecule has 0 N–H and O–H groups in total. The summed E-state index contributed by atoms with van der Waals surface area (Å²) >= 11 is 0. The Kier molecular flexibility index (Phi) is 13.7. The van der Waals surface area contributed by atoms with Crippen LogP contribution in [0.1, 0.15) is 56.1 Å². The Balaban J connectivity index is 1.51. The third kappa shape index (κ3) is 10.6. The van der Waals surface area contributed by atoms with E-state index in [1.165, 1.54) is 19.8 Å². The topological polar surface area (TPSA) is 97.4 Å². The van der Waals surface area contributed by atoms with Gasteiger partial charge in [0.1, 0.15) is 11.9 Å². The average Bonchev–Trinajstić information content (AvgIpc) is 3.11. The number of hydrogen-bond donors (Lipinski definition) is 0. The van der Waals surface area contributed by atoms with Crippen LogP contribution in [-0.4, -0.2) is 58.1 Å². The molecule has 0 radical (unpaired) electrons. The van der Waals surface area contributed by atoms with Gasteiger partial charge >= 0.3 is 17.9 Å². The maximum atomic E-state index is 12.3. The van der Waals surface area contributed by atoms with Gasteiger partial charge in [-0.3, -0.25) is 0 Å². The van der Waals surface area contributed by atoms with Crippen LogP contribution in [0.3, 0.4) is 0 Å². The lowest BCUT2D eigenvalue weighted by Gasteiger charge is -2.30. The fourth-order valence-corrected chi connectivity index (χ4v) is 5.84. The summed E-state index contributed by atoms with van der Waals surface area (Å²) in [5.41, 5.74) is 7.65. The van der Waals surface area contributed by atoms with Crippen molar-refractivity contribution in [3.8, 4) is 28.0 Å². The molecule has 0 aliphatic heterocycles. The van der Waals surface area contributed by atoms with Crippen LogP contribution in [0.2, 0.25) is 0 Å². The molecule has 3 aromatic carbocycles. The van der Waals surface area contributed by atoms with Crippen molar-refractivity contribution >= 4 is 17.9 Å². The molecule has 0 spiro atoms. The van der Waals surface area contributed by atoms with E-state index in [1.807, 2.05) is 12.1 Å². The molecule has 258 valence electrons. The first kappa shape index (κ1) is 37.0. The van der Waals surface area contributed by atoms with Gasteiger partial charge in [-0.25, -0.2) is 14.4 Å². The maximum absolute atomic E-state index is 12.3. The van der Waals surface area contributed by atoms with Crippen molar-refractivity contribution in [2.45, 2.75) is 57.5 Å². The highest BCUT2D eigenvalue weighted by atomic mass is 16.5. The van der Waals surface area contributed by atoms with Crippen molar-refractivity contribution in [2.24, 2.45) is 0 Å². The number of aryl methyl sites for hydroxylation is 1. The van der Waals surface area contributed by atoms with E-state index in [1.54, 1.807) is 19.1 Å². The lowest BCUT2D eigenvalue weighted by Crippen LogP contribution is -2.24. The van der Waals surface area contributed by atoms with Crippen LogP contribution in [0, 0.1) is 0 Å². The Morgan fingerprint density at radius 2 is 1.31 bits per heavy atom. The Morgan fingerprint density at radius 1 is 0.714 bits per heavy atom. The molecule has 0 saturated heterocycles. The first-order valence-corrected chi connectivity index (χ1v) is 16.5. The van der Waals surface area contributed by atoms with Crippen molar-refractivity contribution in [1.29, 1.82) is 0 Å². The van der Waals surface area contributed by atoms with Gasteiger partial charge in [-0.2, -0.15) is 0 Å². The van der Waals surface area contributed by atoms with Gasteiger partial charge in [0.2, 0.25) is 0 Å². The predicted molar refractivity (Wildman–Crippen MR) is 190 cm³/mol. The summed E-state index contributed by atoms with van der Waals surface area (Å²) in [5, 5.41) is 0. The third-order valence-corrected chi connectivity index (χ3v) is 8.51. The molecule has 1 fully saturated rings. The molecule has 0 aromatic heterocycles. The Bertz CT molecular complexity index is 1640. The van der Waals surface area contributed by atoms with Crippen molar-refractivity contribution in [3.63, 3.8) is 0 Å². The summed E-state index contributed by atoms with van der Waals surface area (Å²) in [6.45, 7) is 13.3. The van der Waals surface area contributed by atoms with Gasteiger partial charge in [0.05, 0.1) is 31.0 Å². The molecule has 0 unspecified atom stereocenters. The Hall–Kier alpha value is -4.79. The Labute approximate surface area is 289 Å². The minimum Gasteiger partial charge on any atom is -0.462 e. The molecule has 4 rings (SSSR count). The second kappa shape index (κ2) is 18.1. The van der Waals surface area contributed by atoms with E-state index in [0.717, 1.165) is 59.9 Å². The molecule has 49 heavy (non-hydrogen) atoms. The van der Waals surface area contributed by atoms with E-state index in [0.29, 0.717) is 29.9 Å². The second-order valence-electron chi connectivity index (χ2n) is 12.4. The number of methoxy groups -OCH3 is 2. The number of carbonyl (C=O) groups excluding carboxylic acids is 3. The van der Waals surface area contributed by atoms with Crippen LogP contribution in [0.4, 0.5) is 0 Å². The van der Waals surface area contributed by atoms with Crippen LogP contribution >= 0.6 is 0 Å². The summed E-state index contributed by atoms with van der Waals surface area (Å²) < 4.78 is 26.4. The quantitative estimate of drug-likeness (QED) is 0.0658. The van der Waals surface area contributed by atoms with Gasteiger partial charge in [0.15, 0.2) is 0 Å². The van der Waals surface area contributed by atoms with Gasteiger partial charge in [-0.05, 0) is 96.9 Å². The number of benzene rings is 3. The highest BCUT2D eigenvalue weighted by molar-refractivity contribution is 5.90. The van der Waals surface area contributed by atoms with Gasteiger partial charge in [-0.15, -0.1) is 0 Å². The molecule has 0 amide bonds. The molecule has 3 aromatic rings. The number of rotatable bonds is 16. The number of carbonyl (C=O) groups is 3. The standard InChI is InChI=1S/C41H46O8/c1-27(2)39(42)48-35-20-15-33(16-21-35)38-24-34(31-11-9-30(10-12-31)8-7-23-47-40(43)28(3)25-45-5)17-22-37(38)32-13-18-36(19-14-32)49-41(44)29(4)26-46-6/h9-14,17-19,22,24,33,35H,1,3-4,7-8,15-16,20-21,23,25-26H2,2,5-6H3. The van der Waals surface area contributed by atoms with Gasteiger partial charge in [0, 0.05) is 19.8 Å². The zero-order valence-corrected chi connectivity index (χ0v) is 28.8. The van der Waals surface area contributed by atoms with Crippen LogP contribution in [0.15, 0.2) is 103 Å². The lowest BCUT2D eigenvalue weighted by atomic mass is 9.79. The largest absolute Gasteiger partial charge is 0.462 e. The molecular formula is C41H46O8. The van der Waals surface area contributed by atoms with Crippen LogP contribution in [0.25, 0.3) is 22.3 Å². The molecule has 0 atom stereocenters. The minimum absolute atomic E-state index is 0.105. The van der Waals surface area contributed by atoms with Gasteiger partial charge in [-0.1, -0.05) is 74.3 Å². The van der Waals surface area contributed by atoms with Crippen molar-refractivity contribution in [1.82, 2.24) is 0 Å². The molecule has 1 aliphatic carbocycles. The summed E-state index contributed by atoms with van der Waals surface area (Å²) in [6.07, 6.45) is 4.67. The SMILES string of the molecule is C=C(C)C(=O)OC1CCC(c2cc(-c3ccc(CCCOC(=O)C(=C)COC)cc3)ccc2-c2ccc(OC(=O)C(=C)COC)cc2)CC1. The minimum atomic E-state index is -0.526. The van der Waals surface area contributed by atoms with Gasteiger partial charge in [0.25, 0.3) is 0 Å². The fraction of sp³-hybridized carbons (Fsp3) is 0.341. The normalized spacial score (nSPS) is 15.6. The summed E-state index contributed by atoms with van der Waals surface area (Å²) in [7, 11) is 3.01. The van der Waals surface area contributed by atoms with Gasteiger partial charge < -0.3 is 23.7 Å². The van der Waals surface area contributed by atoms with Crippen LogP contribution < -0.4 is 4.74 Å². The molecular weight excluding hydrogens is 620 g/mol.